The molecule has 5 heavy (non-hydrogen) atoms. The van der Waals surface area contributed by atoms with Gasteiger partial charge in [0.2, 0.25) is 0 Å². The average Bonchev–Trinajstić information content (AvgIpc) is 0.811. The molecule has 0 spiro atoms. The molecule has 0 rings (SSSR count). The maximum Gasteiger partial charge on any atom is 0.314 e. The SMILES string of the molecule is O=[PH](O)O.[S]. The average molecular weight is 114 g/mol. The molecular weight excluding hydrogens is 111 g/mol. The molecule has 0 aromatic rings. The van der Waals surface area contributed by atoms with E-state index in [0.717, 1.165) is 0 Å². The highest BCUT2D eigenvalue weighted by Crippen LogP contribution is 1.98. The molecule has 32 valence electrons. The van der Waals surface area contributed by atoms with Gasteiger partial charge in [0.05, 0.1) is 0 Å². The van der Waals surface area contributed by atoms with Crippen LogP contribution in [0.4, 0.5) is 0 Å². The van der Waals surface area contributed by atoms with E-state index in [0.29, 0.717) is 0 Å². The summed E-state index contributed by atoms with van der Waals surface area (Å²) < 4.78 is 8.74. The lowest BCUT2D eigenvalue weighted by molar-refractivity contribution is 0.405. The van der Waals surface area contributed by atoms with Gasteiger partial charge in [0, 0.05) is 13.5 Å². The van der Waals surface area contributed by atoms with Crippen molar-refractivity contribution in [3.8, 4) is 0 Å². The minimum atomic E-state index is -3.13. The van der Waals surface area contributed by atoms with Crippen LogP contribution in [-0.4, -0.2) is 9.79 Å². The van der Waals surface area contributed by atoms with Crippen LogP contribution in [0, 0.1) is 0 Å². The summed E-state index contributed by atoms with van der Waals surface area (Å²) in [5, 5.41) is 0. The van der Waals surface area contributed by atoms with Gasteiger partial charge in [0.25, 0.3) is 0 Å². The Balaban J connectivity index is 0. The zero-order valence-electron chi connectivity index (χ0n) is 2.21. The first-order valence-electron chi connectivity index (χ1n) is 0.651. The fourth-order valence-corrected chi connectivity index (χ4v) is 0. The first-order valence-corrected chi connectivity index (χ1v) is 1.95. The van der Waals surface area contributed by atoms with Crippen molar-refractivity contribution in [2.24, 2.45) is 0 Å². The molecule has 0 aromatic heterocycles. The van der Waals surface area contributed by atoms with E-state index in [9.17, 15) is 0 Å². The Morgan fingerprint density at radius 2 is 1.40 bits per heavy atom. The van der Waals surface area contributed by atoms with Gasteiger partial charge in [0.1, 0.15) is 0 Å². The zero-order chi connectivity index (χ0) is 3.58. The van der Waals surface area contributed by atoms with Gasteiger partial charge in [-0.2, -0.15) is 0 Å². The summed E-state index contributed by atoms with van der Waals surface area (Å²) in [5.41, 5.74) is 0. The Labute approximate surface area is 37.0 Å². The second-order valence-electron chi connectivity index (χ2n) is 0.283. The summed E-state index contributed by atoms with van der Waals surface area (Å²) in [6.07, 6.45) is 0. The second kappa shape index (κ2) is 4.50. The molecule has 0 heterocycles. The fraction of sp³-hybridized carbons (Fsp3) is 0. The monoisotopic (exact) mass is 114 g/mol. The Morgan fingerprint density at radius 1 is 1.40 bits per heavy atom. The summed E-state index contributed by atoms with van der Waals surface area (Å²) in [5.74, 6) is 0. The topological polar surface area (TPSA) is 57.5 Å². The second-order valence-corrected chi connectivity index (χ2v) is 0.848. The minimum Gasteiger partial charge on any atom is -0.326 e. The Hall–Kier alpha value is 0.500. The summed E-state index contributed by atoms with van der Waals surface area (Å²) in [4.78, 5) is 14.3. The normalized spacial score (nSPS) is 7.00. The van der Waals surface area contributed by atoms with E-state index in [4.69, 9.17) is 14.4 Å². The van der Waals surface area contributed by atoms with E-state index < -0.39 is 8.25 Å². The summed E-state index contributed by atoms with van der Waals surface area (Å²) in [6.45, 7) is 0. The first kappa shape index (κ1) is 9.09. The van der Waals surface area contributed by atoms with Crippen molar-refractivity contribution < 1.29 is 14.4 Å². The molecule has 0 aliphatic carbocycles. The smallest absolute Gasteiger partial charge is 0.314 e. The molecule has 2 radical (unpaired) electrons. The van der Waals surface area contributed by atoms with E-state index in [1.165, 1.54) is 0 Å². The van der Waals surface area contributed by atoms with Gasteiger partial charge in [-0.25, -0.2) is 0 Å². The third-order valence-electron chi connectivity index (χ3n) is 0. The van der Waals surface area contributed by atoms with Crippen molar-refractivity contribution in [2.75, 3.05) is 0 Å². The molecule has 0 fully saturated rings. The zero-order valence-corrected chi connectivity index (χ0v) is 4.03. The lowest BCUT2D eigenvalue weighted by Gasteiger charge is -1.61. The van der Waals surface area contributed by atoms with Gasteiger partial charge in [-0.1, -0.05) is 0 Å². The van der Waals surface area contributed by atoms with Crippen LogP contribution in [-0.2, 0) is 4.57 Å². The standard InChI is InChI=1S/H3O3P.S/c1-4(2)3;/h4H,(H2,1,2,3);. The number of hydrogen-bond acceptors (Lipinski definition) is 1. The fourth-order valence-electron chi connectivity index (χ4n) is 0. The Bertz CT molecular complexity index is 29.9. The van der Waals surface area contributed by atoms with Crippen LogP contribution in [0.1, 0.15) is 0 Å². The molecule has 0 amide bonds. The first-order chi connectivity index (χ1) is 1.73. The molecule has 2 N–H and O–H groups in total. The predicted molar refractivity (Wildman–Crippen MR) is 21.0 cm³/mol. The molecule has 5 heteroatoms. The lowest BCUT2D eigenvalue weighted by Crippen LogP contribution is -1.38. The Kier molecular flexibility index (Phi) is 8.18. The number of rotatable bonds is 0. The van der Waals surface area contributed by atoms with Crippen LogP contribution in [0.3, 0.4) is 0 Å². The molecule has 0 aromatic carbocycles. The summed E-state index contributed by atoms with van der Waals surface area (Å²) in [7, 11) is -3.13. The highest BCUT2D eigenvalue weighted by molar-refractivity contribution is 7.59. The van der Waals surface area contributed by atoms with E-state index in [2.05, 4.69) is 0 Å². The minimum absolute atomic E-state index is 0. The van der Waals surface area contributed by atoms with Crippen LogP contribution in [0.15, 0.2) is 0 Å². The third kappa shape index (κ3) is 113. The largest absolute Gasteiger partial charge is 0.326 e. The van der Waals surface area contributed by atoms with Gasteiger partial charge in [-0.3, -0.25) is 4.57 Å². The maximum atomic E-state index is 8.74. The van der Waals surface area contributed by atoms with E-state index in [1.54, 1.807) is 0 Å². The van der Waals surface area contributed by atoms with Crippen LogP contribution in [0.2, 0.25) is 0 Å². The summed E-state index contributed by atoms with van der Waals surface area (Å²) >= 11 is 0. The highest BCUT2D eigenvalue weighted by atomic mass is 32.1. The van der Waals surface area contributed by atoms with Crippen molar-refractivity contribution >= 4 is 21.8 Å². The van der Waals surface area contributed by atoms with E-state index in [1.807, 2.05) is 0 Å². The van der Waals surface area contributed by atoms with Gasteiger partial charge in [-0.05, 0) is 0 Å². The van der Waals surface area contributed by atoms with Crippen molar-refractivity contribution in [3.05, 3.63) is 0 Å². The molecule has 0 aliphatic rings. The van der Waals surface area contributed by atoms with Gasteiger partial charge in [-0.15, -0.1) is 0 Å². The molecule has 0 saturated heterocycles. The van der Waals surface area contributed by atoms with Crippen LogP contribution in [0.25, 0.3) is 0 Å². The van der Waals surface area contributed by atoms with Crippen molar-refractivity contribution in [1.82, 2.24) is 0 Å². The summed E-state index contributed by atoms with van der Waals surface area (Å²) in [6, 6.07) is 0. The molecule has 0 atom stereocenters. The molecule has 0 unspecified atom stereocenters. The predicted octanol–water partition coefficient (Wildman–Crippen LogP) is 0.00890. The lowest BCUT2D eigenvalue weighted by atomic mass is 15.8. The van der Waals surface area contributed by atoms with Gasteiger partial charge >= 0.3 is 8.25 Å². The third-order valence-corrected chi connectivity index (χ3v) is 0. The van der Waals surface area contributed by atoms with Crippen molar-refractivity contribution in [3.63, 3.8) is 0 Å². The van der Waals surface area contributed by atoms with E-state index in [-0.39, 0.29) is 13.5 Å². The van der Waals surface area contributed by atoms with Gasteiger partial charge < -0.3 is 9.79 Å². The van der Waals surface area contributed by atoms with Crippen LogP contribution >= 0.6 is 21.8 Å². The molecule has 0 bridgehead atoms. The van der Waals surface area contributed by atoms with E-state index >= 15 is 0 Å². The van der Waals surface area contributed by atoms with Crippen LogP contribution < -0.4 is 0 Å². The number of hydrogen-bond donors (Lipinski definition) is 2. The molecule has 0 aliphatic heterocycles. The molecule has 3 nitrogen and oxygen atoms in total. The Morgan fingerprint density at radius 3 is 1.40 bits per heavy atom. The van der Waals surface area contributed by atoms with Crippen molar-refractivity contribution in [2.45, 2.75) is 0 Å². The molecule has 0 saturated carbocycles. The highest BCUT2D eigenvalue weighted by Gasteiger charge is 1.61. The van der Waals surface area contributed by atoms with Crippen LogP contribution in [0.5, 0.6) is 0 Å². The molecular formula is H3O3PS. The van der Waals surface area contributed by atoms with Crippen molar-refractivity contribution in [1.29, 1.82) is 0 Å². The maximum absolute atomic E-state index is 8.74. The van der Waals surface area contributed by atoms with Gasteiger partial charge in [0.15, 0.2) is 0 Å². The quantitative estimate of drug-likeness (QED) is 0.436.